The summed E-state index contributed by atoms with van der Waals surface area (Å²) in [7, 11) is 3.17. The average molecular weight is 329 g/mol. The van der Waals surface area contributed by atoms with E-state index in [0.717, 1.165) is 5.69 Å². The standard InChI is InChI=1S/C16H19N5O3/c1-16(2)19-12(14(17)22)13-15(20-16)21(8-18-13)10-6-5-9(23-3)7-11(10)24-4/h5-8,20H,1-4H3,(H2,17,22). The molecule has 0 fully saturated rings. The summed E-state index contributed by atoms with van der Waals surface area (Å²) in [5.74, 6) is 1.31. The molecule has 0 saturated heterocycles. The van der Waals surface area contributed by atoms with Gasteiger partial charge in [-0.1, -0.05) is 0 Å². The zero-order valence-electron chi connectivity index (χ0n) is 14.0. The number of hydrogen-bond donors (Lipinski definition) is 2. The second kappa shape index (κ2) is 5.55. The van der Waals surface area contributed by atoms with E-state index in [0.29, 0.717) is 23.0 Å². The van der Waals surface area contributed by atoms with Gasteiger partial charge >= 0.3 is 0 Å². The lowest BCUT2D eigenvalue weighted by Crippen LogP contribution is -2.39. The molecule has 2 aromatic rings. The monoisotopic (exact) mass is 329 g/mol. The Morgan fingerprint density at radius 3 is 2.67 bits per heavy atom. The molecule has 3 N–H and O–H groups in total. The number of fused-ring (bicyclic) bond motifs is 1. The Bertz CT molecular complexity index is 838. The first-order valence-electron chi connectivity index (χ1n) is 7.34. The van der Waals surface area contributed by atoms with E-state index in [-0.39, 0.29) is 5.71 Å². The normalized spacial score (nSPS) is 15.1. The fourth-order valence-electron chi connectivity index (χ4n) is 2.63. The predicted molar refractivity (Wildman–Crippen MR) is 90.1 cm³/mol. The number of nitrogens with zero attached hydrogens (tertiary/aromatic N) is 3. The molecule has 0 bridgehead atoms. The van der Waals surface area contributed by atoms with Gasteiger partial charge in [-0.25, -0.2) is 9.98 Å². The van der Waals surface area contributed by atoms with Crippen molar-refractivity contribution in [3.8, 4) is 17.2 Å². The number of rotatable bonds is 4. The van der Waals surface area contributed by atoms with Crippen LogP contribution in [-0.2, 0) is 4.79 Å². The highest BCUT2D eigenvalue weighted by molar-refractivity contribution is 6.45. The molecule has 24 heavy (non-hydrogen) atoms. The van der Waals surface area contributed by atoms with Gasteiger partial charge in [0.25, 0.3) is 5.91 Å². The Balaban J connectivity index is 2.18. The maximum Gasteiger partial charge on any atom is 0.269 e. The van der Waals surface area contributed by atoms with Gasteiger partial charge in [-0.3, -0.25) is 9.36 Å². The minimum atomic E-state index is -0.686. The van der Waals surface area contributed by atoms with Gasteiger partial charge in [0.15, 0.2) is 5.71 Å². The molecule has 0 unspecified atom stereocenters. The summed E-state index contributed by atoms with van der Waals surface area (Å²) in [6.07, 6.45) is 1.60. The van der Waals surface area contributed by atoms with Gasteiger partial charge in [0.05, 0.1) is 19.9 Å². The molecule has 2 heterocycles. The minimum absolute atomic E-state index is 0.153. The van der Waals surface area contributed by atoms with Crippen molar-refractivity contribution >= 4 is 17.4 Å². The highest BCUT2D eigenvalue weighted by Gasteiger charge is 2.32. The lowest BCUT2D eigenvalue weighted by Gasteiger charge is -2.29. The Morgan fingerprint density at radius 1 is 1.29 bits per heavy atom. The fraction of sp³-hybridized carbons (Fsp3) is 0.312. The molecule has 8 nitrogen and oxygen atoms in total. The average Bonchev–Trinajstić information content (AvgIpc) is 2.95. The molecule has 1 aliphatic heterocycles. The number of hydrogen-bond acceptors (Lipinski definition) is 6. The van der Waals surface area contributed by atoms with Crippen LogP contribution in [0.1, 0.15) is 19.5 Å². The number of carbonyl (C=O) groups excluding carboxylic acids is 1. The van der Waals surface area contributed by atoms with Crippen LogP contribution in [0.15, 0.2) is 29.5 Å². The molecule has 0 spiro atoms. The molecular weight excluding hydrogens is 310 g/mol. The SMILES string of the molecule is COc1ccc(-n2cnc3c2NC(C)(C)N=C3C(N)=O)c(OC)c1. The van der Waals surface area contributed by atoms with Gasteiger partial charge in [-0.15, -0.1) is 0 Å². The van der Waals surface area contributed by atoms with Crippen molar-refractivity contribution in [3.63, 3.8) is 0 Å². The number of carbonyl (C=O) groups is 1. The zero-order chi connectivity index (χ0) is 17.5. The number of aromatic nitrogens is 2. The summed E-state index contributed by atoms with van der Waals surface area (Å²) in [4.78, 5) is 20.4. The molecule has 0 aliphatic carbocycles. The lowest BCUT2D eigenvalue weighted by atomic mass is 10.1. The van der Waals surface area contributed by atoms with Crippen molar-refractivity contribution in [2.24, 2.45) is 10.7 Å². The van der Waals surface area contributed by atoms with E-state index < -0.39 is 11.6 Å². The van der Waals surface area contributed by atoms with Crippen LogP contribution in [0, 0.1) is 0 Å². The van der Waals surface area contributed by atoms with Crippen LogP contribution in [-0.4, -0.2) is 41.1 Å². The van der Waals surface area contributed by atoms with Crippen LogP contribution in [0.3, 0.4) is 0 Å². The first-order valence-corrected chi connectivity index (χ1v) is 7.34. The van der Waals surface area contributed by atoms with Crippen molar-refractivity contribution in [3.05, 3.63) is 30.2 Å². The zero-order valence-corrected chi connectivity index (χ0v) is 14.0. The van der Waals surface area contributed by atoms with Crippen molar-refractivity contribution in [2.75, 3.05) is 19.5 Å². The van der Waals surface area contributed by atoms with Crippen LogP contribution >= 0.6 is 0 Å². The molecule has 0 saturated carbocycles. The van der Waals surface area contributed by atoms with Gasteiger partial charge < -0.3 is 20.5 Å². The number of imidazole rings is 1. The Kier molecular flexibility index (Phi) is 3.67. The van der Waals surface area contributed by atoms with E-state index in [1.54, 1.807) is 31.2 Å². The van der Waals surface area contributed by atoms with E-state index in [2.05, 4.69) is 15.3 Å². The number of primary amides is 1. The lowest BCUT2D eigenvalue weighted by molar-refractivity contribution is -0.112. The third kappa shape index (κ3) is 2.55. The van der Waals surface area contributed by atoms with Crippen molar-refractivity contribution in [1.82, 2.24) is 9.55 Å². The third-order valence-electron chi connectivity index (χ3n) is 3.69. The number of methoxy groups -OCH3 is 2. The number of benzene rings is 1. The van der Waals surface area contributed by atoms with Crippen molar-refractivity contribution in [2.45, 2.75) is 19.5 Å². The quantitative estimate of drug-likeness (QED) is 0.880. The number of nitrogens with two attached hydrogens (primary N) is 1. The molecule has 1 aliphatic rings. The summed E-state index contributed by atoms with van der Waals surface area (Å²) in [5.41, 5.74) is 6.09. The molecule has 0 atom stereocenters. The molecule has 1 amide bonds. The molecule has 1 aromatic carbocycles. The van der Waals surface area contributed by atoms with E-state index in [1.807, 2.05) is 26.0 Å². The van der Waals surface area contributed by atoms with Gasteiger partial charge in [0.2, 0.25) is 0 Å². The van der Waals surface area contributed by atoms with Crippen LogP contribution in [0.4, 0.5) is 5.82 Å². The van der Waals surface area contributed by atoms with Crippen molar-refractivity contribution < 1.29 is 14.3 Å². The predicted octanol–water partition coefficient (Wildman–Crippen LogP) is 1.33. The minimum Gasteiger partial charge on any atom is -0.497 e. The van der Waals surface area contributed by atoms with Crippen LogP contribution in [0.25, 0.3) is 5.69 Å². The van der Waals surface area contributed by atoms with Gasteiger partial charge in [0.1, 0.15) is 35.0 Å². The summed E-state index contributed by atoms with van der Waals surface area (Å²) in [5, 5.41) is 3.27. The highest BCUT2D eigenvalue weighted by Crippen LogP contribution is 2.34. The van der Waals surface area contributed by atoms with Crippen LogP contribution in [0.2, 0.25) is 0 Å². The van der Waals surface area contributed by atoms with Crippen LogP contribution in [0.5, 0.6) is 11.5 Å². The summed E-state index contributed by atoms with van der Waals surface area (Å²) in [6, 6.07) is 5.45. The molecule has 1 aromatic heterocycles. The largest absolute Gasteiger partial charge is 0.497 e. The number of amides is 1. The number of nitrogens with one attached hydrogen (secondary N) is 1. The number of ether oxygens (including phenoxy) is 2. The fourth-order valence-corrected chi connectivity index (χ4v) is 2.63. The maximum atomic E-state index is 11.7. The highest BCUT2D eigenvalue weighted by atomic mass is 16.5. The Labute approximate surface area is 139 Å². The molecule has 8 heteroatoms. The molecule has 0 radical (unpaired) electrons. The van der Waals surface area contributed by atoms with E-state index in [1.165, 1.54) is 0 Å². The van der Waals surface area contributed by atoms with E-state index >= 15 is 0 Å². The second-order valence-corrected chi connectivity index (χ2v) is 5.86. The Hall–Kier alpha value is -3.03. The van der Waals surface area contributed by atoms with Gasteiger partial charge in [-0.2, -0.15) is 0 Å². The van der Waals surface area contributed by atoms with Crippen LogP contribution < -0.4 is 20.5 Å². The topological polar surface area (TPSA) is 104 Å². The van der Waals surface area contributed by atoms with Gasteiger partial charge in [0, 0.05) is 6.07 Å². The summed E-state index contributed by atoms with van der Waals surface area (Å²) >= 11 is 0. The first kappa shape index (κ1) is 15.9. The smallest absolute Gasteiger partial charge is 0.269 e. The van der Waals surface area contributed by atoms with E-state index in [4.69, 9.17) is 15.2 Å². The summed E-state index contributed by atoms with van der Waals surface area (Å²) < 4.78 is 12.5. The first-order chi connectivity index (χ1) is 11.4. The third-order valence-corrected chi connectivity index (χ3v) is 3.69. The molecule has 3 rings (SSSR count). The summed E-state index contributed by atoms with van der Waals surface area (Å²) in [6.45, 7) is 3.70. The van der Waals surface area contributed by atoms with Crippen molar-refractivity contribution in [1.29, 1.82) is 0 Å². The Morgan fingerprint density at radius 2 is 2.04 bits per heavy atom. The maximum absolute atomic E-state index is 11.7. The number of aliphatic imine (C=N–C) groups is 1. The molecular formula is C16H19N5O3. The second-order valence-electron chi connectivity index (χ2n) is 5.86. The molecule has 126 valence electrons. The van der Waals surface area contributed by atoms with E-state index in [9.17, 15) is 4.79 Å². The van der Waals surface area contributed by atoms with Gasteiger partial charge in [-0.05, 0) is 26.0 Å². The number of anilines is 1.